The van der Waals surface area contributed by atoms with Crippen LogP contribution in [0.1, 0.15) is 0 Å². The molecule has 0 bridgehead atoms. The fourth-order valence-corrected chi connectivity index (χ4v) is 2.02. The van der Waals surface area contributed by atoms with E-state index in [-0.39, 0.29) is 6.54 Å². The molecule has 8 heteroatoms. The fourth-order valence-electron chi connectivity index (χ4n) is 2.02. The highest BCUT2D eigenvalue weighted by molar-refractivity contribution is 6.03. The lowest BCUT2D eigenvalue weighted by Gasteiger charge is -2.10. The zero-order valence-corrected chi connectivity index (χ0v) is 12.5. The Morgan fingerprint density at radius 2 is 1.71 bits per heavy atom. The average molecular weight is 340 g/mol. The molecule has 5 nitrogen and oxygen atoms in total. The van der Waals surface area contributed by atoms with Gasteiger partial charge in [0.25, 0.3) is 0 Å². The first-order chi connectivity index (χ1) is 11.3. The minimum Gasteiger partial charge on any atom is -0.362 e. The standard InChI is InChI=1S/C16H15F3N2O3/c17-16(18,19)10-24-9-15(23)20-8-14(22)21-13-7-3-5-11-4-1-2-6-12(11)13/h1-7H,8-10H2,(H,20,23)(H,21,22). The van der Waals surface area contributed by atoms with Gasteiger partial charge in [-0.05, 0) is 11.5 Å². The zero-order valence-electron chi connectivity index (χ0n) is 12.5. The van der Waals surface area contributed by atoms with E-state index in [1.165, 1.54) is 0 Å². The zero-order chi connectivity index (χ0) is 17.6. The number of ether oxygens (including phenoxy) is 1. The third kappa shape index (κ3) is 5.54. The first kappa shape index (κ1) is 17.7. The molecule has 0 aliphatic heterocycles. The van der Waals surface area contributed by atoms with Crippen molar-refractivity contribution in [1.29, 1.82) is 0 Å². The predicted molar refractivity (Wildman–Crippen MR) is 82.5 cm³/mol. The molecule has 0 spiro atoms. The quantitative estimate of drug-likeness (QED) is 0.849. The molecule has 0 aliphatic rings. The number of hydrogen-bond donors (Lipinski definition) is 2. The highest BCUT2D eigenvalue weighted by Crippen LogP contribution is 2.22. The van der Waals surface area contributed by atoms with Crippen molar-refractivity contribution in [3.05, 3.63) is 42.5 Å². The highest BCUT2D eigenvalue weighted by Gasteiger charge is 2.27. The maximum atomic E-state index is 11.9. The number of amides is 2. The van der Waals surface area contributed by atoms with Crippen LogP contribution < -0.4 is 10.6 Å². The molecule has 2 aromatic rings. The van der Waals surface area contributed by atoms with Gasteiger partial charge in [-0.25, -0.2) is 0 Å². The summed E-state index contributed by atoms with van der Waals surface area (Å²) in [6.07, 6.45) is -4.49. The lowest BCUT2D eigenvalue weighted by molar-refractivity contribution is -0.175. The van der Waals surface area contributed by atoms with Crippen molar-refractivity contribution in [3.8, 4) is 0 Å². The Hall–Kier alpha value is -2.61. The van der Waals surface area contributed by atoms with E-state index < -0.39 is 31.2 Å². The maximum absolute atomic E-state index is 11.9. The van der Waals surface area contributed by atoms with Gasteiger partial charge in [0.2, 0.25) is 11.8 Å². The van der Waals surface area contributed by atoms with E-state index in [0.29, 0.717) is 5.69 Å². The van der Waals surface area contributed by atoms with Gasteiger partial charge in [-0.15, -0.1) is 0 Å². The number of carbonyl (C=O) groups excluding carboxylic acids is 2. The first-order valence-corrected chi connectivity index (χ1v) is 7.04. The van der Waals surface area contributed by atoms with Crippen molar-refractivity contribution >= 4 is 28.3 Å². The van der Waals surface area contributed by atoms with E-state index in [9.17, 15) is 22.8 Å². The molecule has 0 fully saturated rings. The summed E-state index contributed by atoms with van der Waals surface area (Å²) in [5, 5.41) is 6.63. The van der Waals surface area contributed by atoms with E-state index >= 15 is 0 Å². The summed E-state index contributed by atoms with van der Waals surface area (Å²) in [6.45, 7) is -2.64. The number of anilines is 1. The number of carbonyl (C=O) groups is 2. The molecule has 0 atom stereocenters. The van der Waals surface area contributed by atoms with Crippen LogP contribution in [-0.4, -0.2) is 37.7 Å². The summed E-state index contributed by atoms with van der Waals surface area (Å²) in [7, 11) is 0. The third-order valence-electron chi connectivity index (χ3n) is 3.01. The van der Waals surface area contributed by atoms with E-state index in [1.807, 2.05) is 30.3 Å². The number of halogens is 3. The molecule has 0 unspecified atom stereocenters. The summed E-state index contributed by atoms with van der Waals surface area (Å²) in [6, 6.07) is 12.8. The molecule has 0 saturated carbocycles. The number of benzene rings is 2. The average Bonchev–Trinajstić information content (AvgIpc) is 2.52. The van der Waals surface area contributed by atoms with Crippen LogP contribution in [0.25, 0.3) is 10.8 Å². The monoisotopic (exact) mass is 340 g/mol. The second-order valence-electron chi connectivity index (χ2n) is 4.96. The molecular formula is C16H15F3N2O3. The molecule has 0 heterocycles. The molecule has 0 radical (unpaired) electrons. The molecule has 2 aromatic carbocycles. The number of fused-ring (bicyclic) bond motifs is 1. The molecule has 2 amide bonds. The Labute approximate surface area is 135 Å². The lowest BCUT2D eigenvalue weighted by atomic mass is 10.1. The Kier molecular flexibility index (Phi) is 5.75. The maximum Gasteiger partial charge on any atom is 0.411 e. The second-order valence-corrected chi connectivity index (χ2v) is 4.96. The van der Waals surface area contributed by atoms with Crippen LogP contribution in [0.4, 0.5) is 18.9 Å². The van der Waals surface area contributed by atoms with Gasteiger partial charge in [-0.3, -0.25) is 9.59 Å². The van der Waals surface area contributed by atoms with Crippen LogP contribution in [-0.2, 0) is 14.3 Å². The highest BCUT2D eigenvalue weighted by atomic mass is 19.4. The van der Waals surface area contributed by atoms with Crippen molar-refractivity contribution in [2.24, 2.45) is 0 Å². The van der Waals surface area contributed by atoms with Crippen LogP contribution in [0.5, 0.6) is 0 Å². The van der Waals surface area contributed by atoms with Crippen molar-refractivity contribution < 1.29 is 27.5 Å². The molecule has 128 valence electrons. The van der Waals surface area contributed by atoms with Crippen molar-refractivity contribution in [3.63, 3.8) is 0 Å². The number of alkyl halides is 3. The van der Waals surface area contributed by atoms with Crippen LogP contribution in [0.15, 0.2) is 42.5 Å². The van der Waals surface area contributed by atoms with Crippen LogP contribution >= 0.6 is 0 Å². The number of rotatable bonds is 6. The van der Waals surface area contributed by atoms with Gasteiger partial charge in [0.15, 0.2) is 0 Å². The van der Waals surface area contributed by atoms with Gasteiger partial charge in [-0.1, -0.05) is 36.4 Å². The Bertz CT molecular complexity index is 727. The molecule has 24 heavy (non-hydrogen) atoms. The Balaban J connectivity index is 1.82. The van der Waals surface area contributed by atoms with Gasteiger partial charge in [0, 0.05) is 11.1 Å². The van der Waals surface area contributed by atoms with E-state index in [0.717, 1.165) is 10.8 Å². The van der Waals surface area contributed by atoms with Crippen LogP contribution in [0.2, 0.25) is 0 Å². The Morgan fingerprint density at radius 1 is 1.00 bits per heavy atom. The SMILES string of the molecule is O=C(COCC(F)(F)F)NCC(=O)Nc1cccc2ccccc12. The molecular weight excluding hydrogens is 325 g/mol. The summed E-state index contributed by atoms with van der Waals surface area (Å²) in [5.74, 6) is -1.29. The third-order valence-corrected chi connectivity index (χ3v) is 3.01. The van der Waals surface area contributed by atoms with Gasteiger partial charge in [-0.2, -0.15) is 13.2 Å². The molecule has 2 rings (SSSR count). The van der Waals surface area contributed by atoms with Gasteiger partial charge >= 0.3 is 6.18 Å². The molecule has 2 N–H and O–H groups in total. The largest absolute Gasteiger partial charge is 0.411 e. The molecule has 0 aliphatic carbocycles. The topological polar surface area (TPSA) is 67.4 Å². The van der Waals surface area contributed by atoms with Crippen molar-refractivity contribution in [2.75, 3.05) is 25.1 Å². The van der Waals surface area contributed by atoms with Crippen molar-refractivity contribution in [2.45, 2.75) is 6.18 Å². The summed E-state index contributed by atoms with van der Waals surface area (Å²) >= 11 is 0. The Morgan fingerprint density at radius 3 is 2.46 bits per heavy atom. The van der Waals surface area contributed by atoms with Gasteiger partial charge in [0.05, 0.1) is 6.54 Å². The van der Waals surface area contributed by atoms with Gasteiger partial charge < -0.3 is 15.4 Å². The van der Waals surface area contributed by atoms with Crippen LogP contribution in [0, 0.1) is 0 Å². The van der Waals surface area contributed by atoms with Gasteiger partial charge in [0.1, 0.15) is 13.2 Å². The smallest absolute Gasteiger partial charge is 0.362 e. The molecule has 0 aromatic heterocycles. The normalized spacial score (nSPS) is 11.3. The van der Waals surface area contributed by atoms with E-state index in [1.54, 1.807) is 12.1 Å². The first-order valence-electron chi connectivity index (χ1n) is 7.04. The summed E-state index contributed by atoms with van der Waals surface area (Å²) < 4.78 is 39.8. The van der Waals surface area contributed by atoms with Crippen molar-refractivity contribution in [1.82, 2.24) is 5.32 Å². The van der Waals surface area contributed by atoms with Crippen LogP contribution in [0.3, 0.4) is 0 Å². The minimum atomic E-state index is -4.49. The number of nitrogens with one attached hydrogen (secondary N) is 2. The molecule has 0 saturated heterocycles. The number of hydrogen-bond acceptors (Lipinski definition) is 3. The predicted octanol–water partition coefficient (Wildman–Crippen LogP) is 2.47. The fraction of sp³-hybridized carbons (Fsp3) is 0.250. The van der Waals surface area contributed by atoms with E-state index in [4.69, 9.17) is 0 Å². The summed E-state index contributed by atoms with van der Waals surface area (Å²) in [5.41, 5.74) is 0.584. The lowest BCUT2D eigenvalue weighted by Crippen LogP contribution is -2.35. The second kappa shape index (κ2) is 7.78. The summed E-state index contributed by atoms with van der Waals surface area (Å²) in [4.78, 5) is 23.2. The minimum absolute atomic E-state index is 0.364. The van der Waals surface area contributed by atoms with E-state index in [2.05, 4.69) is 15.4 Å².